The summed E-state index contributed by atoms with van der Waals surface area (Å²) in [6.07, 6.45) is 1.15. The minimum atomic E-state index is -3.51. The third kappa shape index (κ3) is 2.98. The van der Waals surface area contributed by atoms with E-state index in [2.05, 4.69) is 20.0 Å². The van der Waals surface area contributed by atoms with Crippen molar-refractivity contribution in [1.82, 2.24) is 4.98 Å². The van der Waals surface area contributed by atoms with Crippen LogP contribution in [0.15, 0.2) is 33.9 Å². The maximum atomic E-state index is 14.4. The van der Waals surface area contributed by atoms with Crippen LogP contribution in [0.5, 0.6) is 0 Å². The number of carbonyl (C=O) groups is 1. The highest BCUT2D eigenvalue weighted by molar-refractivity contribution is 6.02. The zero-order chi connectivity index (χ0) is 19.1. The van der Waals surface area contributed by atoms with Crippen LogP contribution in [0.3, 0.4) is 0 Å². The molecule has 0 aliphatic carbocycles. The van der Waals surface area contributed by atoms with Crippen LogP contribution < -0.4 is 11.1 Å². The zero-order valence-electron chi connectivity index (χ0n) is 13.8. The average molecular weight is 368 g/mol. The number of nitrogens with zero attached hydrogens (tertiary/aromatic N) is 2. The Morgan fingerprint density at radius 3 is 2.77 bits per heavy atom. The lowest BCUT2D eigenvalue weighted by atomic mass is 9.85. The van der Waals surface area contributed by atoms with Gasteiger partial charge in [0.1, 0.15) is 12.1 Å². The van der Waals surface area contributed by atoms with Gasteiger partial charge in [0.25, 0.3) is 11.9 Å². The molecule has 0 spiro atoms. The number of aromatic nitrogens is 1. The van der Waals surface area contributed by atoms with Gasteiger partial charge >= 0.3 is 5.92 Å². The van der Waals surface area contributed by atoms with Crippen molar-refractivity contribution in [2.75, 3.05) is 11.9 Å². The Labute approximate surface area is 146 Å². The number of amides is 1. The maximum absolute atomic E-state index is 14.4. The normalized spacial score (nSPS) is 21.7. The van der Waals surface area contributed by atoms with Crippen molar-refractivity contribution >= 4 is 17.6 Å². The molecule has 0 bridgehead atoms. The number of oxazole rings is 1. The number of carbonyl (C=O) groups excluding carboxylic acids is 1. The van der Waals surface area contributed by atoms with E-state index in [1.807, 2.05) is 0 Å². The van der Waals surface area contributed by atoms with E-state index >= 15 is 0 Å². The highest BCUT2D eigenvalue weighted by Crippen LogP contribution is 2.44. The largest absolute Gasteiger partial charge is 0.459 e. The number of benzene rings is 1. The van der Waals surface area contributed by atoms with Crippen LogP contribution in [-0.2, 0) is 10.3 Å². The van der Waals surface area contributed by atoms with E-state index in [1.54, 1.807) is 6.92 Å². The van der Waals surface area contributed by atoms with Crippen LogP contribution in [-0.4, -0.2) is 29.4 Å². The molecule has 3 N–H and O–H groups in total. The third-order valence-corrected chi connectivity index (χ3v) is 4.05. The summed E-state index contributed by atoms with van der Waals surface area (Å²) in [6.45, 7) is 1.57. The van der Waals surface area contributed by atoms with E-state index in [0.717, 1.165) is 25.3 Å². The lowest BCUT2D eigenvalue weighted by molar-refractivity contribution is -0.117. The fraction of sp³-hybridized carbons (Fsp3) is 0.312. The van der Waals surface area contributed by atoms with Gasteiger partial charge in [-0.1, -0.05) is 0 Å². The Hall–Kier alpha value is -3.04. The number of aliphatic imine (C=N–C) groups is 1. The average Bonchev–Trinajstić information content (AvgIpc) is 3.00. The Balaban J connectivity index is 1.98. The molecule has 1 aromatic carbocycles. The molecule has 1 aliphatic rings. The number of ether oxygens (including phenoxy) is 1. The number of nitrogens with two attached hydrogens (primary N) is 1. The van der Waals surface area contributed by atoms with Gasteiger partial charge in [-0.2, -0.15) is 8.78 Å². The summed E-state index contributed by atoms with van der Waals surface area (Å²) in [7, 11) is 0. The van der Waals surface area contributed by atoms with Gasteiger partial charge in [-0.05, 0) is 25.1 Å². The fourth-order valence-corrected chi connectivity index (χ4v) is 2.54. The van der Waals surface area contributed by atoms with Crippen LogP contribution >= 0.6 is 0 Å². The maximum Gasteiger partial charge on any atom is 0.310 e. The Morgan fingerprint density at radius 1 is 1.38 bits per heavy atom. The molecule has 7 nitrogen and oxygen atoms in total. The number of halogens is 3. The van der Waals surface area contributed by atoms with Crippen molar-refractivity contribution in [1.29, 1.82) is 0 Å². The summed E-state index contributed by atoms with van der Waals surface area (Å²) < 4.78 is 52.6. The molecular formula is C16H15F3N4O3. The Morgan fingerprint density at radius 2 is 2.12 bits per heavy atom. The summed E-state index contributed by atoms with van der Waals surface area (Å²) in [5.74, 6) is -4.77. The molecule has 3 rings (SSSR count). The molecule has 138 valence electrons. The van der Waals surface area contributed by atoms with Crippen LogP contribution in [0.4, 0.5) is 18.9 Å². The monoisotopic (exact) mass is 368 g/mol. The predicted octanol–water partition coefficient (Wildman–Crippen LogP) is 2.57. The van der Waals surface area contributed by atoms with Crippen molar-refractivity contribution in [3.05, 3.63) is 47.4 Å². The quantitative estimate of drug-likeness (QED) is 0.867. The summed E-state index contributed by atoms with van der Waals surface area (Å²) in [5.41, 5.74) is 2.77. The summed E-state index contributed by atoms with van der Waals surface area (Å²) in [5, 5.41) is 2.45. The molecule has 1 aromatic heterocycles. The Bertz CT molecular complexity index is 897. The first-order valence-corrected chi connectivity index (χ1v) is 7.52. The van der Waals surface area contributed by atoms with Gasteiger partial charge < -0.3 is 20.2 Å². The molecule has 1 unspecified atom stereocenters. The third-order valence-electron chi connectivity index (χ3n) is 4.05. The number of anilines is 1. The number of amidine groups is 1. The van der Waals surface area contributed by atoms with E-state index in [4.69, 9.17) is 10.2 Å². The number of alkyl halides is 2. The summed E-state index contributed by atoms with van der Waals surface area (Å²) >= 11 is 0. The highest BCUT2D eigenvalue weighted by atomic mass is 19.3. The summed E-state index contributed by atoms with van der Waals surface area (Å²) in [4.78, 5) is 19.6. The van der Waals surface area contributed by atoms with Crippen LogP contribution in [0, 0.1) is 12.7 Å². The topological polar surface area (TPSA) is 103 Å². The molecule has 26 heavy (non-hydrogen) atoms. The van der Waals surface area contributed by atoms with Gasteiger partial charge in [-0.15, -0.1) is 0 Å². The first kappa shape index (κ1) is 17.8. The van der Waals surface area contributed by atoms with Gasteiger partial charge in [-0.25, -0.2) is 14.4 Å². The minimum Gasteiger partial charge on any atom is -0.459 e. The van der Waals surface area contributed by atoms with Crippen molar-refractivity contribution < 1.29 is 27.1 Å². The van der Waals surface area contributed by atoms with Crippen LogP contribution in [0.1, 0.15) is 28.9 Å². The second-order valence-electron chi connectivity index (χ2n) is 5.92. The van der Waals surface area contributed by atoms with Gasteiger partial charge in [0, 0.05) is 18.2 Å². The predicted molar refractivity (Wildman–Crippen MR) is 85.5 cm³/mol. The zero-order valence-corrected chi connectivity index (χ0v) is 13.8. The van der Waals surface area contributed by atoms with E-state index in [9.17, 15) is 18.0 Å². The number of aryl methyl sites for hydroxylation is 1. The molecular weight excluding hydrogens is 353 g/mol. The van der Waals surface area contributed by atoms with E-state index in [1.165, 1.54) is 6.07 Å². The first-order valence-electron chi connectivity index (χ1n) is 7.52. The molecule has 1 aliphatic heterocycles. The van der Waals surface area contributed by atoms with Crippen LogP contribution in [0.2, 0.25) is 0 Å². The molecule has 0 radical (unpaired) electrons. The van der Waals surface area contributed by atoms with E-state index in [-0.39, 0.29) is 17.3 Å². The van der Waals surface area contributed by atoms with Gasteiger partial charge in [0.2, 0.25) is 0 Å². The minimum absolute atomic E-state index is 0.00162. The van der Waals surface area contributed by atoms with E-state index < -0.39 is 41.4 Å². The lowest BCUT2D eigenvalue weighted by Gasteiger charge is -2.37. The molecule has 0 fully saturated rings. The fourth-order valence-electron chi connectivity index (χ4n) is 2.54. The number of nitrogens with one attached hydrogen (secondary N) is 1. The molecule has 1 amide bonds. The van der Waals surface area contributed by atoms with Crippen molar-refractivity contribution in [3.63, 3.8) is 0 Å². The highest BCUT2D eigenvalue weighted by Gasteiger charge is 2.56. The molecule has 1 atom stereocenters. The number of hydrogen-bond donors (Lipinski definition) is 2. The van der Waals surface area contributed by atoms with Crippen molar-refractivity contribution in [2.24, 2.45) is 10.7 Å². The molecule has 0 saturated heterocycles. The smallest absolute Gasteiger partial charge is 0.310 e. The first-order chi connectivity index (χ1) is 12.1. The van der Waals surface area contributed by atoms with Crippen molar-refractivity contribution in [3.8, 4) is 0 Å². The van der Waals surface area contributed by atoms with E-state index in [0.29, 0.717) is 0 Å². The molecule has 2 aromatic rings. The molecule has 0 saturated carbocycles. The van der Waals surface area contributed by atoms with Crippen LogP contribution in [0.25, 0.3) is 0 Å². The standard InChI is InChI=1S/C16H15F3N4O3/c1-8-21-12(6-25-8)13(24)22-9-3-4-11(17)10(5-9)15(2)16(18,19)7-26-14(20)23-15/h3-6H,7H2,1-2H3,(H2,20,23)(H,22,24). The second-order valence-corrected chi connectivity index (χ2v) is 5.92. The SMILES string of the molecule is Cc1nc(C(=O)Nc2ccc(F)c(C3(C)N=C(N)OCC3(F)F)c2)co1. The van der Waals surface area contributed by atoms with Gasteiger partial charge in [0.05, 0.1) is 0 Å². The van der Waals surface area contributed by atoms with Crippen molar-refractivity contribution in [2.45, 2.75) is 25.3 Å². The number of rotatable bonds is 3. The number of hydrogen-bond acceptors (Lipinski definition) is 6. The second kappa shape index (κ2) is 6.04. The molecule has 2 heterocycles. The lowest BCUT2D eigenvalue weighted by Crippen LogP contribution is -2.51. The van der Waals surface area contributed by atoms with Gasteiger partial charge in [-0.3, -0.25) is 4.79 Å². The Kier molecular flexibility index (Phi) is 4.13. The summed E-state index contributed by atoms with van der Waals surface area (Å²) in [6, 6.07) is 2.81. The van der Waals surface area contributed by atoms with Gasteiger partial charge in [0.15, 0.2) is 23.7 Å². The molecule has 10 heteroatoms.